The van der Waals surface area contributed by atoms with Crippen molar-refractivity contribution in [3.05, 3.63) is 59.4 Å². The fourth-order valence-corrected chi connectivity index (χ4v) is 2.08. The van der Waals surface area contributed by atoms with Crippen molar-refractivity contribution < 1.29 is 18.7 Å². The van der Waals surface area contributed by atoms with Crippen LogP contribution in [0.2, 0.25) is 0 Å². The van der Waals surface area contributed by atoms with Crippen LogP contribution >= 0.6 is 0 Å². The third-order valence-electron chi connectivity index (χ3n) is 3.33. The Balaban J connectivity index is 2.03. The standard InChI is InChI=1S/C20H23FN2O3/c1-4-25-19-11-15(5-10-18(19)26-13-14(2)3)12-22-23-20(24)16-6-8-17(21)9-7-16/h5-12,14H,4,13H2,1-3H3,(H,23,24)/b22-12-. The number of rotatable bonds is 8. The molecule has 0 saturated heterocycles. The monoisotopic (exact) mass is 358 g/mol. The zero-order valence-electron chi connectivity index (χ0n) is 15.2. The van der Waals surface area contributed by atoms with Gasteiger partial charge in [-0.1, -0.05) is 13.8 Å². The van der Waals surface area contributed by atoms with Gasteiger partial charge in [-0.05, 0) is 60.9 Å². The summed E-state index contributed by atoms with van der Waals surface area (Å²) in [5.41, 5.74) is 3.49. The molecule has 0 aliphatic carbocycles. The molecule has 0 saturated carbocycles. The summed E-state index contributed by atoms with van der Waals surface area (Å²) in [6, 6.07) is 10.7. The number of amides is 1. The van der Waals surface area contributed by atoms with E-state index in [1.54, 1.807) is 6.07 Å². The fourth-order valence-electron chi connectivity index (χ4n) is 2.08. The predicted octanol–water partition coefficient (Wildman–Crippen LogP) is 4.02. The minimum absolute atomic E-state index is 0.330. The Morgan fingerprint density at radius 3 is 2.54 bits per heavy atom. The molecular formula is C20H23FN2O3. The average Bonchev–Trinajstić information content (AvgIpc) is 2.61. The number of ether oxygens (including phenoxy) is 2. The maximum absolute atomic E-state index is 12.9. The fraction of sp³-hybridized carbons (Fsp3) is 0.300. The minimum Gasteiger partial charge on any atom is -0.490 e. The van der Waals surface area contributed by atoms with E-state index in [4.69, 9.17) is 9.47 Å². The van der Waals surface area contributed by atoms with E-state index in [9.17, 15) is 9.18 Å². The molecule has 0 bridgehead atoms. The number of halogens is 1. The van der Waals surface area contributed by atoms with Crippen molar-refractivity contribution in [2.24, 2.45) is 11.0 Å². The Bertz CT molecular complexity index is 758. The van der Waals surface area contributed by atoms with Crippen molar-refractivity contribution in [2.45, 2.75) is 20.8 Å². The highest BCUT2D eigenvalue weighted by Gasteiger charge is 2.07. The summed E-state index contributed by atoms with van der Waals surface area (Å²) in [5, 5.41) is 3.93. The van der Waals surface area contributed by atoms with E-state index in [0.29, 0.717) is 36.2 Å². The first-order valence-electron chi connectivity index (χ1n) is 8.48. The first-order valence-corrected chi connectivity index (χ1v) is 8.48. The Labute approximate surface area is 152 Å². The second-order valence-corrected chi connectivity index (χ2v) is 6.05. The first kappa shape index (κ1) is 19.4. The molecule has 0 aliphatic heterocycles. The second kappa shape index (κ2) is 9.56. The molecule has 138 valence electrons. The highest BCUT2D eigenvalue weighted by molar-refractivity contribution is 5.94. The lowest BCUT2D eigenvalue weighted by atomic mass is 10.2. The number of nitrogens with zero attached hydrogens (tertiary/aromatic N) is 1. The summed E-state index contributed by atoms with van der Waals surface area (Å²) in [7, 11) is 0. The third kappa shape index (κ3) is 5.88. The van der Waals surface area contributed by atoms with E-state index in [0.717, 1.165) is 5.56 Å². The van der Waals surface area contributed by atoms with Crippen molar-refractivity contribution in [3.8, 4) is 11.5 Å². The van der Waals surface area contributed by atoms with Crippen LogP contribution in [0.3, 0.4) is 0 Å². The number of hydrogen-bond donors (Lipinski definition) is 1. The predicted molar refractivity (Wildman–Crippen MR) is 99.4 cm³/mol. The van der Waals surface area contributed by atoms with Gasteiger partial charge in [0.05, 0.1) is 19.4 Å². The Morgan fingerprint density at radius 1 is 1.15 bits per heavy atom. The summed E-state index contributed by atoms with van der Waals surface area (Å²) in [5.74, 6) is 0.902. The number of nitrogens with one attached hydrogen (secondary N) is 1. The van der Waals surface area contributed by atoms with Crippen LogP contribution in [-0.2, 0) is 0 Å². The van der Waals surface area contributed by atoms with E-state index >= 15 is 0 Å². The number of hydrazone groups is 1. The lowest BCUT2D eigenvalue weighted by Crippen LogP contribution is -2.17. The summed E-state index contributed by atoms with van der Waals surface area (Å²) in [4.78, 5) is 11.9. The highest BCUT2D eigenvalue weighted by Crippen LogP contribution is 2.28. The first-order chi connectivity index (χ1) is 12.5. The molecule has 0 aliphatic rings. The third-order valence-corrected chi connectivity index (χ3v) is 3.33. The molecule has 1 amide bonds. The smallest absolute Gasteiger partial charge is 0.271 e. The van der Waals surface area contributed by atoms with Gasteiger partial charge in [0.15, 0.2) is 11.5 Å². The van der Waals surface area contributed by atoms with Crippen LogP contribution in [0.5, 0.6) is 11.5 Å². The molecule has 1 N–H and O–H groups in total. The molecule has 0 heterocycles. The van der Waals surface area contributed by atoms with Gasteiger partial charge in [-0.25, -0.2) is 9.82 Å². The second-order valence-electron chi connectivity index (χ2n) is 6.05. The summed E-state index contributed by atoms with van der Waals surface area (Å²) in [6.45, 7) is 7.16. The number of carbonyl (C=O) groups is 1. The van der Waals surface area contributed by atoms with Gasteiger partial charge >= 0.3 is 0 Å². The van der Waals surface area contributed by atoms with Crippen LogP contribution < -0.4 is 14.9 Å². The van der Waals surface area contributed by atoms with E-state index < -0.39 is 11.7 Å². The van der Waals surface area contributed by atoms with Gasteiger partial charge in [0.2, 0.25) is 0 Å². The molecular weight excluding hydrogens is 335 g/mol. The Hall–Kier alpha value is -2.89. The molecule has 0 atom stereocenters. The molecule has 0 unspecified atom stereocenters. The van der Waals surface area contributed by atoms with Crippen LogP contribution in [0.15, 0.2) is 47.6 Å². The van der Waals surface area contributed by atoms with Crippen LogP contribution in [0, 0.1) is 11.7 Å². The van der Waals surface area contributed by atoms with Gasteiger partial charge in [-0.3, -0.25) is 4.79 Å². The maximum atomic E-state index is 12.9. The molecule has 6 heteroatoms. The highest BCUT2D eigenvalue weighted by atomic mass is 19.1. The number of hydrogen-bond acceptors (Lipinski definition) is 4. The van der Waals surface area contributed by atoms with Gasteiger partial charge in [0, 0.05) is 5.56 Å². The number of carbonyl (C=O) groups excluding carboxylic acids is 1. The van der Waals surface area contributed by atoms with Crippen molar-refractivity contribution in [3.63, 3.8) is 0 Å². The van der Waals surface area contributed by atoms with Crippen LogP contribution in [0.1, 0.15) is 36.7 Å². The minimum atomic E-state index is -0.414. The molecule has 0 fully saturated rings. The normalized spacial score (nSPS) is 11.0. The molecule has 0 spiro atoms. The zero-order chi connectivity index (χ0) is 18.9. The van der Waals surface area contributed by atoms with Crippen LogP contribution in [-0.4, -0.2) is 25.3 Å². The quantitative estimate of drug-likeness (QED) is 0.573. The van der Waals surface area contributed by atoms with E-state index in [1.807, 2.05) is 19.1 Å². The van der Waals surface area contributed by atoms with Crippen LogP contribution in [0.4, 0.5) is 4.39 Å². The van der Waals surface area contributed by atoms with Crippen molar-refractivity contribution in [2.75, 3.05) is 13.2 Å². The molecule has 0 radical (unpaired) electrons. The van der Waals surface area contributed by atoms with E-state index in [1.165, 1.54) is 30.5 Å². The number of benzene rings is 2. The maximum Gasteiger partial charge on any atom is 0.271 e. The molecule has 2 rings (SSSR count). The molecule has 2 aromatic rings. The largest absolute Gasteiger partial charge is 0.490 e. The van der Waals surface area contributed by atoms with Gasteiger partial charge in [0.25, 0.3) is 5.91 Å². The van der Waals surface area contributed by atoms with Gasteiger partial charge < -0.3 is 9.47 Å². The summed E-state index contributed by atoms with van der Waals surface area (Å²) < 4.78 is 24.2. The lowest BCUT2D eigenvalue weighted by molar-refractivity contribution is 0.0955. The molecule has 5 nitrogen and oxygen atoms in total. The Kier molecular flexibility index (Phi) is 7.14. The topological polar surface area (TPSA) is 59.9 Å². The van der Waals surface area contributed by atoms with Gasteiger partial charge in [-0.15, -0.1) is 0 Å². The molecule has 0 aromatic heterocycles. The summed E-state index contributed by atoms with van der Waals surface area (Å²) >= 11 is 0. The van der Waals surface area contributed by atoms with Crippen molar-refractivity contribution in [1.82, 2.24) is 5.43 Å². The van der Waals surface area contributed by atoms with Gasteiger partial charge in [0.1, 0.15) is 5.82 Å². The molecule has 2 aromatic carbocycles. The van der Waals surface area contributed by atoms with E-state index in [2.05, 4.69) is 24.4 Å². The van der Waals surface area contributed by atoms with Gasteiger partial charge in [-0.2, -0.15) is 5.10 Å². The summed E-state index contributed by atoms with van der Waals surface area (Å²) in [6.07, 6.45) is 1.51. The van der Waals surface area contributed by atoms with E-state index in [-0.39, 0.29) is 0 Å². The SMILES string of the molecule is CCOc1cc(/C=N\NC(=O)c2ccc(F)cc2)ccc1OCC(C)C. The lowest BCUT2D eigenvalue weighted by Gasteiger charge is -2.13. The zero-order valence-corrected chi connectivity index (χ0v) is 15.2. The average molecular weight is 358 g/mol. The van der Waals surface area contributed by atoms with Crippen molar-refractivity contribution in [1.29, 1.82) is 0 Å². The Morgan fingerprint density at radius 2 is 1.88 bits per heavy atom. The van der Waals surface area contributed by atoms with Crippen LogP contribution in [0.25, 0.3) is 0 Å². The van der Waals surface area contributed by atoms with Crippen molar-refractivity contribution >= 4 is 12.1 Å². The molecule has 26 heavy (non-hydrogen) atoms.